The maximum atomic E-state index is 11.5. The van der Waals surface area contributed by atoms with Gasteiger partial charge in [0.1, 0.15) is 6.07 Å². The van der Waals surface area contributed by atoms with Gasteiger partial charge in [-0.15, -0.1) is 12.6 Å². The van der Waals surface area contributed by atoms with Crippen LogP contribution in [0.5, 0.6) is 0 Å². The van der Waals surface area contributed by atoms with E-state index in [0.717, 1.165) is 5.56 Å². The molecule has 0 aromatic heterocycles. The Morgan fingerprint density at radius 3 is 2.73 bits per heavy atom. The molecule has 0 heterocycles. The minimum absolute atomic E-state index is 0.311. The van der Waals surface area contributed by atoms with E-state index in [0.29, 0.717) is 22.4 Å². The fourth-order valence-electron chi connectivity index (χ4n) is 1.40. The highest BCUT2D eigenvalue weighted by atomic mass is 32.1. The predicted octanol–water partition coefficient (Wildman–Crippen LogP) is 2.20. The molecule has 1 aromatic rings. The number of rotatable bonds is 2. The first kappa shape index (κ1) is 11.6. The number of nitriles is 1. The highest BCUT2D eigenvalue weighted by Crippen LogP contribution is 2.21. The molecular formula is C11H11NO2S. The summed E-state index contributed by atoms with van der Waals surface area (Å²) < 4.78 is 4.65. The van der Waals surface area contributed by atoms with Crippen molar-refractivity contribution in [3.8, 4) is 6.07 Å². The van der Waals surface area contributed by atoms with Gasteiger partial charge in [0.15, 0.2) is 0 Å². The van der Waals surface area contributed by atoms with Crippen LogP contribution < -0.4 is 0 Å². The Bertz CT molecular complexity index is 435. The fraction of sp³-hybridized carbons (Fsp3) is 0.273. The Morgan fingerprint density at radius 2 is 2.27 bits per heavy atom. The molecule has 3 nitrogen and oxygen atoms in total. The van der Waals surface area contributed by atoms with Gasteiger partial charge in [0.2, 0.25) is 0 Å². The minimum atomic E-state index is -0.475. The molecule has 0 spiro atoms. The zero-order valence-electron chi connectivity index (χ0n) is 8.57. The number of ether oxygens (including phenoxy) is 1. The summed E-state index contributed by atoms with van der Waals surface area (Å²) in [7, 11) is 1.30. The molecule has 0 aliphatic rings. The van der Waals surface area contributed by atoms with E-state index < -0.39 is 5.97 Å². The van der Waals surface area contributed by atoms with Gasteiger partial charge in [-0.05, 0) is 24.1 Å². The molecule has 0 N–H and O–H groups in total. The van der Waals surface area contributed by atoms with Crippen molar-refractivity contribution >= 4 is 18.6 Å². The molecule has 1 rings (SSSR count). The Hall–Kier alpha value is -1.47. The summed E-state index contributed by atoms with van der Waals surface area (Å²) in [5.74, 6) is -0.475. The third-order valence-corrected chi connectivity index (χ3v) is 2.35. The third-order valence-electron chi connectivity index (χ3n) is 2.10. The number of aryl methyl sites for hydroxylation is 1. The van der Waals surface area contributed by atoms with Crippen molar-refractivity contribution in [1.82, 2.24) is 0 Å². The van der Waals surface area contributed by atoms with Gasteiger partial charge >= 0.3 is 5.97 Å². The Balaban J connectivity index is 3.45. The number of hydrogen-bond donors (Lipinski definition) is 1. The van der Waals surface area contributed by atoms with Crippen LogP contribution in [0.25, 0.3) is 0 Å². The number of carbonyl (C=O) groups is 1. The van der Waals surface area contributed by atoms with Crippen LogP contribution in [0.2, 0.25) is 0 Å². The molecule has 0 saturated carbocycles. The van der Waals surface area contributed by atoms with Crippen molar-refractivity contribution in [2.45, 2.75) is 18.2 Å². The first-order valence-electron chi connectivity index (χ1n) is 4.48. The molecule has 1 aromatic carbocycles. The average Bonchev–Trinajstić information content (AvgIpc) is 2.26. The number of methoxy groups -OCH3 is 1. The molecule has 4 heteroatoms. The van der Waals surface area contributed by atoms with Gasteiger partial charge in [0.05, 0.1) is 18.2 Å². The van der Waals surface area contributed by atoms with Gasteiger partial charge in [-0.25, -0.2) is 4.79 Å². The number of thiol groups is 1. The Morgan fingerprint density at radius 1 is 1.60 bits per heavy atom. The molecule has 0 atom stereocenters. The zero-order valence-corrected chi connectivity index (χ0v) is 9.47. The van der Waals surface area contributed by atoms with Crippen LogP contribution >= 0.6 is 12.6 Å². The van der Waals surface area contributed by atoms with Gasteiger partial charge in [0.25, 0.3) is 0 Å². The monoisotopic (exact) mass is 221 g/mol. The number of carbonyl (C=O) groups excluding carboxylic acids is 1. The van der Waals surface area contributed by atoms with Crippen LogP contribution in [0.1, 0.15) is 28.4 Å². The van der Waals surface area contributed by atoms with Gasteiger partial charge in [-0.1, -0.05) is 6.92 Å². The highest BCUT2D eigenvalue weighted by molar-refractivity contribution is 7.80. The van der Waals surface area contributed by atoms with Crippen molar-refractivity contribution in [2.75, 3.05) is 7.11 Å². The zero-order chi connectivity index (χ0) is 11.4. The molecule has 0 aliphatic heterocycles. The smallest absolute Gasteiger partial charge is 0.339 e. The van der Waals surface area contributed by atoms with E-state index in [-0.39, 0.29) is 0 Å². The van der Waals surface area contributed by atoms with Crippen molar-refractivity contribution in [3.63, 3.8) is 0 Å². The molecule has 15 heavy (non-hydrogen) atoms. The normalized spacial score (nSPS) is 9.47. The van der Waals surface area contributed by atoms with Gasteiger partial charge in [-0.3, -0.25) is 0 Å². The second-order valence-corrected chi connectivity index (χ2v) is 3.50. The summed E-state index contributed by atoms with van der Waals surface area (Å²) in [6.45, 7) is 1.91. The van der Waals surface area contributed by atoms with E-state index in [1.54, 1.807) is 12.1 Å². The third kappa shape index (κ3) is 2.31. The van der Waals surface area contributed by atoms with Crippen LogP contribution in [0, 0.1) is 11.3 Å². The SMILES string of the molecule is CCc1cc(S)cc(C#N)c1C(=O)OC. The van der Waals surface area contributed by atoms with Crippen LogP contribution in [0.3, 0.4) is 0 Å². The summed E-state index contributed by atoms with van der Waals surface area (Å²) >= 11 is 4.17. The van der Waals surface area contributed by atoms with Crippen molar-refractivity contribution < 1.29 is 9.53 Å². The van der Waals surface area contributed by atoms with Crippen LogP contribution in [-0.2, 0) is 11.2 Å². The molecule has 0 saturated heterocycles. The molecule has 78 valence electrons. The standard InChI is InChI=1S/C11H11NO2S/c1-3-7-4-9(15)5-8(6-12)10(7)11(13)14-2/h4-5,15H,3H2,1-2H3. The summed E-state index contributed by atoms with van der Waals surface area (Å²) in [5, 5.41) is 8.92. The topological polar surface area (TPSA) is 50.1 Å². The van der Waals surface area contributed by atoms with Gasteiger partial charge < -0.3 is 4.74 Å². The van der Waals surface area contributed by atoms with Gasteiger partial charge in [0, 0.05) is 4.90 Å². The first-order valence-corrected chi connectivity index (χ1v) is 4.93. The number of esters is 1. The summed E-state index contributed by atoms with van der Waals surface area (Å²) in [4.78, 5) is 12.2. The lowest BCUT2D eigenvalue weighted by Gasteiger charge is -2.08. The molecule has 0 radical (unpaired) electrons. The van der Waals surface area contributed by atoms with E-state index in [2.05, 4.69) is 17.4 Å². The first-order chi connectivity index (χ1) is 7.13. The number of nitrogens with zero attached hydrogens (tertiary/aromatic N) is 1. The predicted molar refractivity (Wildman–Crippen MR) is 59.1 cm³/mol. The molecule has 0 amide bonds. The van der Waals surface area contributed by atoms with E-state index in [1.807, 2.05) is 13.0 Å². The molecule has 0 fully saturated rings. The summed E-state index contributed by atoms with van der Waals surface area (Å²) in [6, 6.07) is 5.31. The van der Waals surface area contributed by atoms with Crippen molar-refractivity contribution in [2.24, 2.45) is 0 Å². The Kier molecular flexibility index (Phi) is 3.75. The molecule has 0 unspecified atom stereocenters. The van der Waals surface area contributed by atoms with Crippen molar-refractivity contribution in [3.05, 3.63) is 28.8 Å². The van der Waals surface area contributed by atoms with Gasteiger partial charge in [-0.2, -0.15) is 5.26 Å². The van der Waals surface area contributed by atoms with E-state index in [4.69, 9.17) is 5.26 Å². The lowest BCUT2D eigenvalue weighted by molar-refractivity contribution is 0.0599. The number of hydrogen-bond acceptors (Lipinski definition) is 4. The second-order valence-electron chi connectivity index (χ2n) is 2.98. The van der Waals surface area contributed by atoms with E-state index >= 15 is 0 Å². The van der Waals surface area contributed by atoms with E-state index in [9.17, 15) is 4.79 Å². The fourth-order valence-corrected chi connectivity index (χ4v) is 1.68. The molecule has 0 aliphatic carbocycles. The van der Waals surface area contributed by atoms with Crippen molar-refractivity contribution in [1.29, 1.82) is 5.26 Å². The van der Waals surface area contributed by atoms with Crippen LogP contribution in [0.15, 0.2) is 17.0 Å². The lowest BCUT2D eigenvalue weighted by Crippen LogP contribution is -2.08. The number of benzene rings is 1. The maximum Gasteiger partial charge on any atom is 0.339 e. The second kappa shape index (κ2) is 4.85. The average molecular weight is 221 g/mol. The molecule has 0 bridgehead atoms. The minimum Gasteiger partial charge on any atom is -0.465 e. The quantitative estimate of drug-likeness (QED) is 0.615. The maximum absolute atomic E-state index is 11.5. The van der Waals surface area contributed by atoms with Crippen LogP contribution in [0.4, 0.5) is 0 Å². The summed E-state index contributed by atoms with van der Waals surface area (Å²) in [6.07, 6.45) is 0.660. The largest absolute Gasteiger partial charge is 0.465 e. The van der Waals surface area contributed by atoms with E-state index in [1.165, 1.54) is 7.11 Å². The highest BCUT2D eigenvalue weighted by Gasteiger charge is 2.16. The van der Waals surface area contributed by atoms with Crippen LogP contribution in [-0.4, -0.2) is 13.1 Å². The summed E-state index contributed by atoms with van der Waals surface area (Å²) in [5.41, 5.74) is 1.44. The lowest BCUT2D eigenvalue weighted by atomic mass is 10.00. The molecular weight excluding hydrogens is 210 g/mol. The Labute approximate surface area is 94.1 Å².